The van der Waals surface area contributed by atoms with E-state index in [1.54, 1.807) is 9.80 Å². The van der Waals surface area contributed by atoms with E-state index < -0.39 is 0 Å². The number of amides is 2. The number of benzene rings is 1. The van der Waals surface area contributed by atoms with Gasteiger partial charge in [-0.15, -0.1) is 0 Å². The summed E-state index contributed by atoms with van der Waals surface area (Å²) in [6.45, 7) is 16.0. The minimum Gasteiger partial charge on any atom is -0.445 e. The molecule has 2 amide bonds. The smallest absolute Gasteiger partial charge is 0.410 e. The van der Waals surface area contributed by atoms with Gasteiger partial charge in [0, 0.05) is 24.2 Å². The first-order valence-corrected chi connectivity index (χ1v) is 10.0. The molecular formula is C22H36N2O4. The van der Waals surface area contributed by atoms with E-state index in [9.17, 15) is 9.59 Å². The summed E-state index contributed by atoms with van der Waals surface area (Å²) in [5.74, 6) is 0. The molecule has 0 unspecified atom stereocenters. The monoisotopic (exact) mass is 392 g/mol. The average Bonchev–Trinajstić information content (AvgIpc) is 2.57. The van der Waals surface area contributed by atoms with Crippen molar-refractivity contribution in [3.63, 3.8) is 0 Å². The van der Waals surface area contributed by atoms with Gasteiger partial charge in [0.1, 0.15) is 13.2 Å². The maximum absolute atomic E-state index is 12.4. The summed E-state index contributed by atoms with van der Waals surface area (Å²) in [5, 5.41) is 0. The Morgan fingerprint density at radius 1 is 0.679 bits per heavy atom. The van der Waals surface area contributed by atoms with Crippen LogP contribution in [0.15, 0.2) is 24.3 Å². The van der Waals surface area contributed by atoms with Crippen molar-refractivity contribution in [3.05, 3.63) is 35.4 Å². The normalized spacial score (nSPS) is 11.3. The molecule has 0 fully saturated rings. The second-order valence-corrected chi connectivity index (χ2v) is 8.07. The first kappa shape index (κ1) is 23.8. The summed E-state index contributed by atoms with van der Waals surface area (Å²) < 4.78 is 11.0. The van der Waals surface area contributed by atoms with Crippen molar-refractivity contribution in [3.8, 4) is 0 Å². The van der Waals surface area contributed by atoms with E-state index in [1.807, 2.05) is 79.7 Å². The molecule has 0 aromatic heterocycles. The van der Waals surface area contributed by atoms with Crippen molar-refractivity contribution in [1.29, 1.82) is 0 Å². The predicted octanol–water partition coefficient (Wildman–Crippen LogP) is 5.20. The fourth-order valence-corrected chi connectivity index (χ4v) is 3.30. The highest BCUT2D eigenvalue weighted by molar-refractivity contribution is 5.69. The van der Waals surface area contributed by atoms with E-state index in [0.717, 1.165) is 11.1 Å². The summed E-state index contributed by atoms with van der Waals surface area (Å²) in [5.41, 5.74) is 1.66. The van der Waals surface area contributed by atoms with E-state index in [0.29, 0.717) is 0 Å². The Balaban J connectivity index is 2.78. The molecule has 0 aliphatic rings. The van der Waals surface area contributed by atoms with Crippen LogP contribution in [0.1, 0.15) is 66.5 Å². The van der Waals surface area contributed by atoms with Gasteiger partial charge >= 0.3 is 12.2 Å². The molecule has 1 rings (SSSR count). The summed E-state index contributed by atoms with van der Waals surface area (Å²) >= 11 is 0. The Morgan fingerprint density at radius 3 is 1.21 bits per heavy atom. The third-order valence-corrected chi connectivity index (χ3v) is 4.47. The van der Waals surface area contributed by atoms with E-state index in [-0.39, 0.29) is 49.6 Å². The minimum atomic E-state index is -0.345. The van der Waals surface area contributed by atoms with Gasteiger partial charge in [-0.3, -0.25) is 0 Å². The highest BCUT2D eigenvalue weighted by Crippen LogP contribution is 2.16. The van der Waals surface area contributed by atoms with Crippen molar-refractivity contribution in [1.82, 2.24) is 9.80 Å². The van der Waals surface area contributed by atoms with E-state index in [4.69, 9.17) is 9.47 Å². The number of ether oxygens (including phenoxy) is 2. The lowest BCUT2D eigenvalue weighted by Crippen LogP contribution is -2.42. The topological polar surface area (TPSA) is 59.1 Å². The Labute approximate surface area is 169 Å². The third kappa shape index (κ3) is 6.73. The van der Waals surface area contributed by atoms with Crippen molar-refractivity contribution in [2.24, 2.45) is 0 Å². The van der Waals surface area contributed by atoms with Crippen molar-refractivity contribution < 1.29 is 19.1 Å². The van der Waals surface area contributed by atoms with Crippen LogP contribution in [0.25, 0.3) is 0 Å². The van der Waals surface area contributed by atoms with Gasteiger partial charge in [-0.05, 0) is 66.5 Å². The SMILES string of the molecule is CC(C)N(C(=O)OCc1ccccc1COC(=O)N(C(C)C)C(C)C)C(C)C. The maximum Gasteiger partial charge on any atom is 0.410 e. The molecule has 0 heterocycles. The number of rotatable bonds is 8. The Hall–Kier alpha value is -2.24. The van der Waals surface area contributed by atoms with Crippen molar-refractivity contribution >= 4 is 12.2 Å². The number of hydrogen-bond donors (Lipinski definition) is 0. The second kappa shape index (κ2) is 10.9. The molecule has 28 heavy (non-hydrogen) atoms. The summed E-state index contributed by atoms with van der Waals surface area (Å²) in [6.07, 6.45) is -0.690. The zero-order chi connectivity index (χ0) is 21.4. The standard InChI is InChI=1S/C22H36N2O4/c1-15(2)23(16(3)4)21(25)27-13-19-11-9-10-12-20(19)14-28-22(26)24(17(5)6)18(7)8/h9-12,15-18H,13-14H2,1-8H3. The third-order valence-electron chi connectivity index (χ3n) is 4.47. The summed E-state index contributed by atoms with van der Waals surface area (Å²) in [6, 6.07) is 7.76. The molecule has 6 nitrogen and oxygen atoms in total. The van der Waals surface area contributed by atoms with E-state index in [1.165, 1.54) is 0 Å². The van der Waals surface area contributed by atoms with Gasteiger partial charge in [0.05, 0.1) is 0 Å². The number of hydrogen-bond acceptors (Lipinski definition) is 4. The van der Waals surface area contributed by atoms with Crippen LogP contribution in [-0.4, -0.2) is 46.2 Å². The van der Waals surface area contributed by atoms with Gasteiger partial charge in [-0.25, -0.2) is 9.59 Å². The highest BCUT2D eigenvalue weighted by Gasteiger charge is 2.23. The Kier molecular flexibility index (Phi) is 9.29. The maximum atomic E-state index is 12.4. The Bertz CT molecular complexity index is 570. The number of nitrogens with zero attached hydrogens (tertiary/aromatic N) is 2. The molecule has 0 N–H and O–H groups in total. The molecule has 0 spiro atoms. The van der Waals surface area contributed by atoms with Crippen LogP contribution in [0.2, 0.25) is 0 Å². The number of carbonyl (C=O) groups excluding carboxylic acids is 2. The molecule has 0 saturated carbocycles. The average molecular weight is 393 g/mol. The molecule has 0 atom stereocenters. The fourth-order valence-electron chi connectivity index (χ4n) is 3.30. The molecule has 1 aromatic carbocycles. The van der Waals surface area contributed by atoms with Gasteiger partial charge in [0.15, 0.2) is 0 Å². The van der Waals surface area contributed by atoms with Crippen molar-refractivity contribution in [2.45, 2.75) is 92.8 Å². The van der Waals surface area contributed by atoms with Gasteiger partial charge < -0.3 is 19.3 Å². The van der Waals surface area contributed by atoms with Crippen LogP contribution in [0, 0.1) is 0 Å². The van der Waals surface area contributed by atoms with E-state index in [2.05, 4.69) is 0 Å². The van der Waals surface area contributed by atoms with Crippen LogP contribution < -0.4 is 0 Å². The lowest BCUT2D eigenvalue weighted by atomic mass is 10.1. The number of carbonyl (C=O) groups is 2. The lowest BCUT2D eigenvalue weighted by Gasteiger charge is -2.30. The van der Waals surface area contributed by atoms with Crippen LogP contribution in [0.4, 0.5) is 9.59 Å². The molecule has 0 aliphatic heterocycles. The molecule has 0 bridgehead atoms. The van der Waals surface area contributed by atoms with Crippen molar-refractivity contribution in [2.75, 3.05) is 0 Å². The molecule has 6 heteroatoms. The zero-order valence-electron chi connectivity index (χ0n) is 18.6. The highest BCUT2D eigenvalue weighted by atomic mass is 16.6. The van der Waals surface area contributed by atoms with Gasteiger partial charge in [-0.2, -0.15) is 0 Å². The quantitative estimate of drug-likeness (QED) is 0.610. The summed E-state index contributed by atoms with van der Waals surface area (Å²) in [7, 11) is 0. The van der Waals surface area contributed by atoms with Crippen LogP contribution >= 0.6 is 0 Å². The molecule has 0 radical (unpaired) electrons. The molecule has 0 aliphatic carbocycles. The fraction of sp³-hybridized carbons (Fsp3) is 0.636. The van der Waals surface area contributed by atoms with Gasteiger partial charge in [-0.1, -0.05) is 24.3 Å². The molecule has 1 aromatic rings. The van der Waals surface area contributed by atoms with Gasteiger partial charge in [0.2, 0.25) is 0 Å². The zero-order valence-corrected chi connectivity index (χ0v) is 18.6. The van der Waals surface area contributed by atoms with Crippen LogP contribution in [0.3, 0.4) is 0 Å². The largest absolute Gasteiger partial charge is 0.445 e. The van der Waals surface area contributed by atoms with E-state index >= 15 is 0 Å². The lowest BCUT2D eigenvalue weighted by molar-refractivity contribution is 0.0679. The second-order valence-electron chi connectivity index (χ2n) is 8.07. The van der Waals surface area contributed by atoms with Crippen LogP contribution in [0.5, 0.6) is 0 Å². The predicted molar refractivity (Wildman–Crippen MR) is 111 cm³/mol. The first-order valence-electron chi connectivity index (χ1n) is 10.0. The van der Waals surface area contributed by atoms with Crippen LogP contribution in [-0.2, 0) is 22.7 Å². The molecular weight excluding hydrogens is 356 g/mol. The molecule has 0 saturated heterocycles. The summed E-state index contributed by atoms with van der Waals surface area (Å²) in [4.78, 5) is 28.3. The molecule has 158 valence electrons. The minimum absolute atomic E-state index is 0.0572. The first-order chi connectivity index (χ1) is 13.1. The Morgan fingerprint density at radius 2 is 0.964 bits per heavy atom. The van der Waals surface area contributed by atoms with Gasteiger partial charge in [0.25, 0.3) is 0 Å².